The van der Waals surface area contributed by atoms with Crippen LogP contribution in [0.3, 0.4) is 0 Å². The van der Waals surface area contributed by atoms with Gasteiger partial charge in [0.1, 0.15) is 0 Å². The summed E-state index contributed by atoms with van der Waals surface area (Å²) in [6.45, 7) is 4.16. The molecule has 2 heterocycles. The number of hydrogen-bond donors (Lipinski definition) is 0. The second-order valence-corrected chi connectivity index (χ2v) is 7.85. The zero-order valence-electron chi connectivity index (χ0n) is 15.1. The Morgan fingerprint density at radius 1 is 1.07 bits per heavy atom. The van der Waals surface area contributed by atoms with Crippen LogP contribution in [0.15, 0.2) is 64.2 Å². The van der Waals surface area contributed by atoms with Crippen LogP contribution in [-0.2, 0) is 16.2 Å². The Bertz CT molecular complexity index is 832. The lowest BCUT2D eigenvalue weighted by Gasteiger charge is -2.35. The first-order valence-electron chi connectivity index (χ1n) is 9.23. The summed E-state index contributed by atoms with van der Waals surface area (Å²) in [6, 6.07) is 18.4. The molecule has 0 bridgehead atoms. The van der Waals surface area contributed by atoms with Gasteiger partial charge in [0.2, 0.25) is 6.10 Å². The molecular formula is C21H22BrN3O2. The lowest BCUT2D eigenvalue weighted by atomic mass is 10.0. The maximum absolute atomic E-state index is 12.8. The molecule has 0 unspecified atom stereocenters. The molecule has 0 saturated carbocycles. The van der Waals surface area contributed by atoms with Crippen molar-refractivity contribution < 1.29 is 9.63 Å². The lowest BCUT2D eigenvalue weighted by molar-refractivity contribution is -0.143. The normalized spacial score (nSPS) is 20.3. The van der Waals surface area contributed by atoms with Crippen LogP contribution >= 0.6 is 15.9 Å². The fraction of sp³-hybridized carbons (Fsp3) is 0.333. The van der Waals surface area contributed by atoms with Crippen molar-refractivity contribution in [2.75, 3.05) is 26.2 Å². The molecular weight excluding hydrogens is 406 g/mol. The van der Waals surface area contributed by atoms with Gasteiger partial charge in [0.25, 0.3) is 5.91 Å². The van der Waals surface area contributed by atoms with Gasteiger partial charge in [-0.3, -0.25) is 9.69 Å². The summed E-state index contributed by atoms with van der Waals surface area (Å²) in [5.74, 6) is 0.0445. The van der Waals surface area contributed by atoms with Gasteiger partial charge in [0.05, 0.1) is 5.71 Å². The van der Waals surface area contributed by atoms with E-state index in [2.05, 4.69) is 50.3 Å². The number of rotatable bonds is 4. The Morgan fingerprint density at radius 2 is 1.85 bits per heavy atom. The first-order chi connectivity index (χ1) is 13.2. The Morgan fingerprint density at radius 3 is 2.59 bits per heavy atom. The van der Waals surface area contributed by atoms with Crippen molar-refractivity contribution in [1.82, 2.24) is 9.80 Å². The fourth-order valence-corrected chi connectivity index (χ4v) is 3.92. The molecule has 2 aliphatic rings. The number of benzene rings is 2. The minimum absolute atomic E-state index is 0.0445. The average molecular weight is 428 g/mol. The van der Waals surface area contributed by atoms with Crippen molar-refractivity contribution in [2.45, 2.75) is 19.1 Å². The molecule has 5 nitrogen and oxygen atoms in total. The quantitative estimate of drug-likeness (QED) is 0.751. The van der Waals surface area contributed by atoms with Crippen molar-refractivity contribution in [3.8, 4) is 0 Å². The van der Waals surface area contributed by atoms with E-state index in [9.17, 15) is 4.79 Å². The molecule has 1 amide bonds. The van der Waals surface area contributed by atoms with Crippen molar-refractivity contribution in [3.63, 3.8) is 0 Å². The topological polar surface area (TPSA) is 45.1 Å². The van der Waals surface area contributed by atoms with E-state index in [4.69, 9.17) is 4.84 Å². The van der Waals surface area contributed by atoms with Crippen molar-refractivity contribution in [2.24, 2.45) is 5.16 Å². The van der Waals surface area contributed by atoms with E-state index in [1.807, 2.05) is 35.2 Å². The number of halogens is 1. The van der Waals surface area contributed by atoms with E-state index in [0.717, 1.165) is 48.5 Å². The highest BCUT2D eigenvalue weighted by Gasteiger charge is 2.33. The number of oxime groups is 1. The molecule has 1 atom stereocenters. The number of piperazine rings is 1. The summed E-state index contributed by atoms with van der Waals surface area (Å²) in [5, 5.41) is 4.15. The first kappa shape index (κ1) is 18.2. The van der Waals surface area contributed by atoms with Gasteiger partial charge in [-0.15, -0.1) is 0 Å². The molecule has 4 rings (SSSR count). The number of amides is 1. The first-order valence-corrected chi connectivity index (χ1v) is 10.0. The van der Waals surface area contributed by atoms with Crippen LogP contribution in [0.5, 0.6) is 0 Å². The van der Waals surface area contributed by atoms with E-state index in [0.29, 0.717) is 6.42 Å². The van der Waals surface area contributed by atoms with Crippen LogP contribution < -0.4 is 0 Å². The summed E-state index contributed by atoms with van der Waals surface area (Å²) in [5.41, 5.74) is 3.13. The second-order valence-electron chi connectivity index (χ2n) is 6.93. The molecule has 2 aromatic rings. The molecule has 0 N–H and O–H groups in total. The summed E-state index contributed by atoms with van der Waals surface area (Å²) in [4.78, 5) is 22.6. The minimum atomic E-state index is -0.500. The summed E-state index contributed by atoms with van der Waals surface area (Å²) >= 11 is 3.47. The van der Waals surface area contributed by atoms with E-state index < -0.39 is 6.10 Å². The lowest BCUT2D eigenvalue weighted by Crippen LogP contribution is -2.51. The highest BCUT2D eigenvalue weighted by molar-refractivity contribution is 9.10. The third-order valence-electron chi connectivity index (χ3n) is 5.04. The van der Waals surface area contributed by atoms with Gasteiger partial charge in [-0.1, -0.05) is 63.6 Å². The van der Waals surface area contributed by atoms with Gasteiger partial charge < -0.3 is 9.74 Å². The highest BCUT2D eigenvalue weighted by atomic mass is 79.9. The maximum atomic E-state index is 12.8. The maximum Gasteiger partial charge on any atom is 0.266 e. The monoisotopic (exact) mass is 427 g/mol. The molecule has 2 aromatic carbocycles. The zero-order valence-corrected chi connectivity index (χ0v) is 16.6. The molecule has 0 spiro atoms. The number of hydrogen-bond acceptors (Lipinski definition) is 4. The van der Waals surface area contributed by atoms with Crippen LogP contribution in [-0.4, -0.2) is 53.7 Å². The third kappa shape index (κ3) is 4.39. The number of carbonyl (C=O) groups is 1. The van der Waals surface area contributed by atoms with E-state index >= 15 is 0 Å². The molecule has 0 radical (unpaired) electrons. The largest absolute Gasteiger partial charge is 0.382 e. The zero-order chi connectivity index (χ0) is 18.6. The molecule has 6 heteroatoms. The van der Waals surface area contributed by atoms with E-state index in [-0.39, 0.29) is 5.91 Å². The molecule has 1 fully saturated rings. The van der Waals surface area contributed by atoms with E-state index in [1.54, 1.807) is 0 Å². The molecule has 140 valence electrons. The highest BCUT2D eigenvalue weighted by Crippen LogP contribution is 2.21. The van der Waals surface area contributed by atoms with Gasteiger partial charge in [-0.05, 0) is 17.7 Å². The van der Waals surface area contributed by atoms with Crippen LogP contribution in [0.1, 0.15) is 17.5 Å². The summed E-state index contributed by atoms with van der Waals surface area (Å²) in [6.07, 6.45) is 0.0270. The van der Waals surface area contributed by atoms with Crippen LogP contribution in [0, 0.1) is 0 Å². The second kappa shape index (κ2) is 8.23. The summed E-state index contributed by atoms with van der Waals surface area (Å²) in [7, 11) is 0. The standard InChI is InChI=1S/C21H22BrN3O2/c22-18-8-4-7-17(13-18)19-14-20(27-23-19)21(26)25-11-9-24(10-12-25)15-16-5-2-1-3-6-16/h1-8,13,20H,9-12,14-15H2/t20-/m1/s1. The predicted octanol–water partition coefficient (Wildman–Crippen LogP) is 3.29. The Hall–Kier alpha value is -2.18. The van der Waals surface area contributed by atoms with Gasteiger partial charge in [0, 0.05) is 49.2 Å². The average Bonchev–Trinajstić information content (AvgIpc) is 3.19. The molecule has 0 aliphatic carbocycles. The van der Waals surface area contributed by atoms with Gasteiger partial charge >= 0.3 is 0 Å². The molecule has 0 aromatic heterocycles. The molecule has 2 aliphatic heterocycles. The van der Waals surface area contributed by atoms with Crippen LogP contribution in [0.4, 0.5) is 0 Å². The minimum Gasteiger partial charge on any atom is -0.382 e. The Balaban J connectivity index is 1.29. The van der Waals surface area contributed by atoms with Gasteiger partial charge in [0.15, 0.2) is 0 Å². The smallest absolute Gasteiger partial charge is 0.266 e. The van der Waals surface area contributed by atoms with Gasteiger partial charge in [-0.2, -0.15) is 0 Å². The van der Waals surface area contributed by atoms with E-state index in [1.165, 1.54) is 5.56 Å². The van der Waals surface area contributed by atoms with Gasteiger partial charge in [-0.25, -0.2) is 0 Å². The number of carbonyl (C=O) groups excluding carboxylic acids is 1. The third-order valence-corrected chi connectivity index (χ3v) is 5.53. The van der Waals surface area contributed by atoms with Crippen molar-refractivity contribution in [1.29, 1.82) is 0 Å². The Kier molecular flexibility index (Phi) is 5.55. The summed E-state index contributed by atoms with van der Waals surface area (Å²) < 4.78 is 0.993. The van der Waals surface area contributed by atoms with Crippen molar-refractivity contribution >= 4 is 27.5 Å². The fourth-order valence-electron chi connectivity index (χ4n) is 3.52. The molecule has 27 heavy (non-hydrogen) atoms. The van der Waals surface area contributed by atoms with Crippen LogP contribution in [0.2, 0.25) is 0 Å². The molecule has 1 saturated heterocycles. The SMILES string of the molecule is O=C([C@H]1CC(c2cccc(Br)c2)=NO1)N1CCN(Cc2ccccc2)CC1. The number of nitrogens with zero attached hydrogens (tertiary/aromatic N) is 3. The predicted molar refractivity (Wildman–Crippen MR) is 108 cm³/mol. The Labute approximate surface area is 167 Å². The van der Waals surface area contributed by atoms with Crippen LogP contribution in [0.25, 0.3) is 0 Å². The van der Waals surface area contributed by atoms with Crippen molar-refractivity contribution in [3.05, 3.63) is 70.2 Å².